The van der Waals surface area contributed by atoms with Gasteiger partial charge in [-0.3, -0.25) is 9.59 Å². The minimum absolute atomic E-state index is 0.0758. The number of halogens is 3. The number of benzene rings is 1. The van der Waals surface area contributed by atoms with E-state index < -0.39 is 24.0 Å². The van der Waals surface area contributed by atoms with Crippen molar-refractivity contribution in [2.75, 3.05) is 0 Å². The molecule has 2 atom stereocenters. The monoisotopic (exact) mass is 343 g/mol. The molecule has 24 heavy (non-hydrogen) atoms. The highest BCUT2D eigenvalue weighted by atomic mass is 19.4. The van der Waals surface area contributed by atoms with E-state index in [9.17, 15) is 22.8 Å². The minimum atomic E-state index is -4.24. The molecule has 1 aromatic rings. The zero-order valence-corrected chi connectivity index (χ0v) is 13.1. The zero-order chi connectivity index (χ0) is 17.7. The van der Waals surface area contributed by atoms with Crippen molar-refractivity contribution in [3.8, 4) is 0 Å². The van der Waals surface area contributed by atoms with Crippen molar-refractivity contribution in [2.24, 2.45) is 11.8 Å². The van der Waals surface area contributed by atoms with Crippen molar-refractivity contribution in [3.63, 3.8) is 0 Å². The highest BCUT2D eigenvalue weighted by molar-refractivity contribution is 5.78. The maximum Gasteiger partial charge on any atom is 0.391 e. The summed E-state index contributed by atoms with van der Waals surface area (Å²) in [5.74, 6) is -3.26. The third-order valence-electron chi connectivity index (χ3n) is 4.35. The topological polar surface area (TPSA) is 66.4 Å². The van der Waals surface area contributed by atoms with E-state index in [0.29, 0.717) is 18.4 Å². The van der Waals surface area contributed by atoms with E-state index in [2.05, 4.69) is 5.32 Å². The predicted molar refractivity (Wildman–Crippen MR) is 81.1 cm³/mol. The van der Waals surface area contributed by atoms with Gasteiger partial charge in [-0.05, 0) is 30.4 Å². The van der Waals surface area contributed by atoms with E-state index >= 15 is 0 Å². The summed E-state index contributed by atoms with van der Waals surface area (Å²) in [6, 6.07) is 6.74. The Balaban J connectivity index is 1.85. The smallest absolute Gasteiger partial charge is 0.391 e. The van der Waals surface area contributed by atoms with Crippen molar-refractivity contribution in [1.82, 2.24) is 5.32 Å². The predicted octanol–water partition coefficient (Wildman–Crippen LogP) is 3.30. The number of carboxylic acid groups (broad SMARTS) is 1. The fraction of sp³-hybridized carbons (Fsp3) is 0.529. The van der Waals surface area contributed by atoms with Gasteiger partial charge in [0.15, 0.2) is 0 Å². The molecule has 0 radical (unpaired) electrons. The molecule has 1 fully saturated rings. The fourth-order valence-corrected chi connectivity index (χ4v) is 3.01. The minimum Gasteiger partial charge on any atom is -0.481 e. The van der Waals surface area contributed by atoms with Gasteiger partial charge >= 0.3 is 12.1 Å². The van der Waals surface area contributed by atoms with Crippen LogP contribution < -0.4 is 5.32 Å². The van der Waals surface area contributed by atoms with Crippen LogP contribution in [0.1, 0.15) is 36.8 Å². The van der Waals surface area contributed by atoms with Crippen LogP contribution in [0, 0.1) is 11.8 Å². The van der Waals surface area contributed by atoms with Crippen LogP contribution in [0.5, 0.6) is 0 Å². The molecular weight excluding hydrogens is 323 g/mol. The van der Waals surface area contributed by atoms with E-state index in [1.54, 1.807) is 24.3 Å². The van der Waals surface area contributed by atoms with Crippen LogP contribution in [-0.2, 0) is 22.6 Å². The van der Waals surface area contributed by atoms with Crippen LogP contribution in [0.15, 0.2) is 24.3 Å². The number of hydrogen-bond acceptors (Lipinski definition) is 2. The van der Waals surface area contributed by atoms with E-state index in [0.717, 1.165) is 5.56 Å². The van der Waals surface area contributed by atoms with Gasteiger partial charge in [-0.2, -0.15) is 13.2 Å². The van der Waals surface area contributed by atoms with Crippen LogP contribution in [0.25, 0.3) is 0 Å². The number of carboxylic acids is 1. The Labute approximate surface area is 138 Å². The molecule has 1 amide bonds. The number of carbonyl (C=O) groups excluding carboxylic acids is 1. The summed E-state index contributed by atoms with van der Waals surface area (Å²) in [4.78, 5) is 22.7. The lowest BCUT2D eigenvalue weighted by molar-refractivity contribution is -0.186. The van der Waals surface area contributed by atoms with E-state index in [4.69, 9.17) is 5.11 Å². The SMILES string of the molecule is O=C(O)Cc1ccc(CNC(=O)C2CCCC(C(F)(F)F)C2)cc1. The fourth-order valence-electron chi connectivity index (χ4n) is 3.01. The van der Waals surface area contributed by atoms with Gasteiger partial charge in [0.25, 0.3) is 0 Å². The molecule has 7 heteroatoms. The molecular formula is C17H20F3NO3. The molecule has 0 saturated heterocycles. The summed E-state index contributed by atoms with van der Waals surface area (Å²) < 4.78 is 38.4. The number of rotatable bonds is 5. The van der Waals surface area contributed by atoms with Crippen LogP contribution in [0.4, 0.5) is 13.2 Å². The molecule has 0 aromatic heterocycles. The van der Waals surface area contributed by atoms with Gasteiger partial charge < -0.3 is 10.4 Å². The van der Waals surface area contributed by atoms with E-state index in [-0.39, 0.29) is 31.7 Å². The standard InChI is InChI=1S/C17H20F3NO3/c18-17(19,20)14-3-1-2-13(9-14)16(24)21-10-12-6-4-11(5-7-12)8-15(22)23/h4-7,13-14H,1-3,8-10H2,(H,21,24)(H,22,23). The largest absolute Gasteiger partial charge is 0.481 e. The first-order valence-electron chi connectivity index (χ1n) is 7.89. The summed E-state index contributed by atoms with van der Waals surface area (Å²) in [5, 5.41) is 11.4. The first kappa shape index (κ1) is 18.3. The lowest BCUT2D eigenvalue weighted by Crippen LogP contribution is -2.37. The first-order valence-corrected chi connectivity index (χ1v) is 7.89. The first-order chi connectivity index (χ1) is 11.3. The molecule has 132 valence electrons. The molecule has 2 N–H and O–H groups in total. The average Bonchev–Trinajstić information content (AvgIpc) is 2.53. The van der Waals surface area contributed by atoms with Gasteiger partial charge in [0.1, 0.15) is 0 Å². The average molecular weight is 343 g/mol. The van der Waals surface area contributed by atoms with Gasteiger partial charge in [-0.15, -0.1) is 0 Å². The Kier molecular flexibility index (Phi) is 5.85. The maximum atomic E-state index is 12.8. The quantitative estimate of drug-likeness (QED) is 0.862. The molecule has 2 unspecified atom stereocenters. The maximum absolute atomic E-state index is 12.8. The highest BCUT2D eigenvalue weighted by Crippen LogP contribution is 2.39. The summed E-state index contributed by atoms with van der Waals surface area (Å²) in [7, 11) is 0. The molecule has 2 rings (SSSR count). The molecule has 1 aromatic carbocycles. The molecule has 1 saturated carbocycles. The van der Waals surface area contributed by atoms with E-state index in [1.807, 2.05) is 0 Å². The van der Waals surface area contributed by atoms with Gasteiger partial charge in [0, 0.05) is 12.5 Å². The molecule has 4 nitrogen and oxygen atoms in total. The lowest BCUT2D eigenvalue weighted by atomic mass is 9.80. The second-order valence-corrected chi connectivity index (χ2v) is 6.21. The molecule has 1 aliphatic carbocycles. The Hall–Kier alpha value is -2.05. The van der Waals surface area contributed by atoms with Crippen LogP contribution in [0.3, 0.4) is 0 Å². The van der Waals surface area contributed by atoms with Crippen molar-refractivity contribution in [3.05, 3.63) is 35.4 Å². The Morgan fingerprint density at radius 1 is 1.12 bits per heavy atom. The lowest BCUT2D eigenvalue weighted by Gasteiger charge is -2.29. The highest BCUT2D eigenvalue weighted by Gasteiger charge is 2.43. The van der Waals surface area contributed by atoms with Gasteiger partial charge in [0.2, 0.25) is 5.91 Å². The third-order valence-corrected chi connectivity index (χ3v) is 4.35. The summed E-state index contributed by atoms with van der Waals surface area (Å²) in [5.41, 5.74) is 1.43. The van der Waals surface area contributed by atoms with Crippen molar-refractivity contribution in [2.45, 2.75) is 44.8 Å². The van der Waals surface area contributed by atoms with Crippen molar-refractivity contribution >= 4 is 11.9 Å². The molecule has 0 aliphatic heterocycles. The molecule has 1 aliphatic rings. The number of amides is 1. The number of nitrogens with one attached hydrogen (secondary N) is 1. The summed E-state index contributed by atoms with van der Waals surface area (Å²) in [6.07, 6.45) is -3.47. The molecule has 0 spiro atoms. The van der Waals surface area contributed by atoms with Gasteiger partial charge in [-0.1, -0.05) is 30.7 Å². The summed E-state index contributed by atoms with van der Waals surface area (Å²) in [6.45, 7) is 0.222. The second-order valence-electron chi connectivity index (χ2n) is 6.21. The Bertz CT molecular complexity index is 584. The zero-order valence-electron chi connectivity index (χ0n) is 13.1. The van der Waals surface area contributed by atoms with Gasteiger partial charge in [0.05, 0.1) is 12.3 Å². The van der Waals surface area contributed by atoms with Crippen molar-refractivity contribution in [1.29, 1.82) is 0 Å². The normalized spacial score (nSPS) is 21.3. The van der Waals surface area contributed by atoms with Crippen LogP contribution in [0.2, 0.25) is 0 Å². The number of carbonyl (C=O) groups is 2. The molecule has 0 heterocycles. The Morgan fingerprint density at radius 3 is 2.33 bits per heavy atom. The Morgan fingerprint density at radius 2 is 1.75 bits per heavy atom. The second kappa shape index (κ2) is 7.68. The number of aliphatic carboxylic acids is 1. The van der Waals surface area contributed by atoms with Crippen LogP contribution >= 0.6 is 0 Å². The number of alkyl halides is 3. The van der Waals surface area contributed by atoms with Crippen LogP contribution in [-0.4, -0.2) is 23.2 Å². The summed E-state index contributed by atoms with van der Waals surface area (Å²) >= 11 is 0. The van der Waals surface area contributed by atoms with Crippen molar-refractivity contribution < 1.29 is 27.9 Å². The third kappa shape index (κ3) is 5.25. The molecule has 0 bridgehead atoms. The number of hydrogen-bond donors (Lipinski definition) is 2. The van der Waals surface area contributed by atoms with Gasteiger partial charge in [-0.25, -0.2) is 0 Å². The van der Waals surface area contributed by atoms with E-state index in [1.165, 1.54) is 0 Å².